The molecule has 2 rings (SSSR count). The van der Waals surface area contributed by atoms with Crippen LogP contribution in [-0.4, -0.2) is 0 Å². The van der Waals surface area contributed by atoms with E-state index in [1.54, 1.807) is 0 Å². The molecule has 0 amide bonds. The fourth-order valence-electron chi connectivity index (χ4n) is 4.28. The van der Waals surface area contributed by atoms with Crippen molar-refractivity contribution in [1.29, 1.82) is 0 Å². The molecule has 0 unspecified atom stereocenters. The predicted molar refractivity (Wildman–Crippen MR) is 137 cm³/mol. The van der Waals surface area contributed by atoms with Crippen LogP contribution in [0.2, 0.25) is 0 Å². The van der Waals surface area contributed by atoms with E-state index in [1.807, 2.05) is 0 Å². The summed E-state index contributed by atoms with van der Waals surface area (Å²) in [5, 5.41) is 0. The molecule has 0 aliphatic carbocycles. The van der Waals surface area contributed by atoms with Crippen molar-refractivity contribution >= 4 is 0 Å². The van der Waals surface area contributed by atoms with Gasteiger partial charge in [0.1, 0.15) is 11.5 Å². The third-order valence-corrected chi connectivity index (χ3v) is 6.26. The summed E-state index contributed by atoms with van der Waals surface area (Å²) in [4.78, 5) is 0. The number of ether oxygens (including phenoxy) is 1. The first kappa shape index (κ1) is 29.9. The quantitative estimate of drug-likeness (QED) is 0.168. The molecule has 0 aromatic heterocycles. The fraction of sp³-hybridized carbons (Fsp3) is 0.600. The molecule has 0 atom stereocenters. The molecule has 0 saturated carbocycles. The van der Waals surface area contributed by atoms with Gasteiger partial charge in [-0.15, -0.1) is 0 Å². The van der Waals surface area contributed by atoms with E-state index in [-0.39, 0.29) is 52.8 Å². The van der Waals surface area contributed by atoms with Gasteiger partial charge in [-0.05, 0) is 48.9 Å². The van der Waals surface area contributed by atoms with Crippen LogP contribution in [0.4, 0.5) is 0 Å². The van der Waals surface area contributed by atoms with E-state index in [9.17, 15) is 0 Å². The minimum absolute atomic E-state index is 0. The van der Waals surface area contributed by atoms with Crippen LogP contribution in [0.5, 0.6) is 11.5 Å². The monoisotopic (exact) mass is 462 g/mol. The van der Waals surface area contributed by atoms with E-state index in [4.69, 9.17) is 4.74 Å². The van der Waals surface area contributed by atoms with Gasteiger partial charge < -0.3 is 6.16 Å². The van der Waals surface area contributed by atoms with E-state index >= 15 is 0 Å². The van der Waals surface area contributed by atoms with Gasteiger partial charge in [-0.3, -0.25) is 0 Å². The standard InChI is InChI=1S/C30H46O.K.H/c1-3-5-7-9-11-13-15-21-27-23-17-19-25-29(27)31-30-26-20-18-24-28(30)22-16-14-12-10-8-6-4-2;;/h17-20,23-26H,3-16,21-22H2,1-2H3;;/q;+1;-1. The number of hydrogen-bond acceptors (Lipinski definition) is 1. The Hall–Kier alpha value is -0.124. The molecule has 32 heavy (non-hydrogen) atoms. The molecule has 0 bridgehead atoms. The first-order valence-corrected chi connectivity index (χ1v) is 13.2. The second-order valence-electron chi connectivity index (χ2n) is 9.06. The Morgan fingerprint density at radius 3 is 1.25 bits per heavy atom. The summed E-state index contributed by atoms with van der Waals surface area (Å²) in [6.07, 6.45) is 21.1. The summed E-state index contributed by atoms with van der Waals surface area (Å²) in [5.74, 6) is 2.08. The van der Waals surface area contributed by atoms with Crippen LogP contribution in [0.3, 0.4) is 0 Å². The molecule has 0 saturated heterocycles. The molecule has 0 aliphatic heterocycles. The van der Waals surface area contributed by atoms with Crippen LogP contribution in [-0.2, 0) is 12.8 Å². The molecule has 1 nitrogen and oxygen atoms in total. The Labute approximate surface area is 243 Å². The van der Waals surface area contributed by atoms with Crippen LogP contribution in [0.15, 0.2) is 48.5 Å². The normalized spacial score (nSPS) is 10.7. The zero-order valence-corrected chi connectivity index (χ0v) is 24.5. The third kappa shape index (κ3) is 12.9. The van der Waals surface area contributed by atoms with Crippen LogP contribution in [0.25, 0.3) is 0 Å². The molecule has 0 radical (unpaired) electrons. The van der Waals surface area contributed by atoms with Crippen molar-refractivity contribution < 1.29 is 57.5 Å². The molecule has 0 heterocycles. The second-order valence-corrected chi connectivity index (χ2v) is 9.06. The molecule has 0 aliphatic rings. The third-order valence-electron chi connectivity index (χ3n) is 6.26. The molecule has 174 valence electrons. The SMILES string of the molecule is CCCCCCCCCc1ccccc1Oc1ccccc1CCCCCCCCC.[H-].[K+]. The van der Waals surface area contributed by atoms with Gasteiger partial charge in [0.05, 0.1) is 0 Å². The number of unbranched alkanes of at least 4 members (excludes halogenated alkanes) is 12. The van der Waals surface area contributed by atoms with Crippen molar-refractivity contribution in [2.45, 2.75) is 117 Å². The Bertz CT molecular complexity index is 644. The summed E-state index contributed by atoms with van der Waals surface area (Å²) in [7, 11) is 0. The molecule has 0 N–H and O–H groups in total. The number of benzene rings is 2. The molecular weight excluding hydrogens is 415 g/mol. The maximum atomic E-state index is 6.46. The largest absolute Gasteiger partial charge is 1.00 e. The van der Waals surface area contributed by atoms with E-state index in [2.05, 4.69) is 62.4 Å². The van der Waals surface area contributed by atoms with Gasteiger partial charge in [0.2, 0.25) is 0 Å². The average Bonchev–Trinajstić information content (AvgIpc) is 2.80. The van der Waals surface area contributed by atoms with Crippen molar-refractivity contribution in [3.8, 4) is 11.5 Å². The minimum atomic E-state index is 0. The van der Waals surface area contributed by atoms with E-state index in [0.717, 1.165) is 24.3 Å². The maximum absolute atomic E-state index is 6.46. The van der Waals surface area contributed by atoms with Gasteiger partial charge in [0.25, 0.3) is 0 Å². The first-order chi connectivity index (χ1) is 15.3. The van der Waals surface area contributed by atoms with Crippen LogP contribution in [0, 0.1) is 0 Å². The predicted octanol–water partition coefficient (Wildman–Crippen LogP) is 7.18. The minimum Gasteiger partial charge on any atom is -1.00 e. The summed E-state index contributed by atoms with van der Waals surface area (Å²) in [5.41, 5.74) is 2.70. The van der Waals surface area contributed by atoms with Crippen molar-refractivity contribution in [3.63, 3.8) is 0 Å². The van der Waals surface area contributed by atoms with Crippen LogP contribution in [0.1, 0.15) is 116 Å². The van der Waals surface area contributed by atoms with Gasteiger partial charge in [0, 0.05) is 0 Å². The zero-order valence-electron chi connectivity index (χ0n) is 22.3. The first-order valence-electron chi connectivity index (χ1n) is 13.2. The number of aryl methyl sites for hydroxylation is 2. The Balaban J connectivity index is 0.00000512. The van der Waals surface area contributed by atoms with Gasteiger partial charge in [0.15, 0.2) is 0 Å². The average molecular weight is 463 g/mol. The summed E-state index contributed by atoms with van der Waals surface area (Å²) < 4.78 is 6.46. The van der Waals surface area contributed by atoms with E-state index in [0.29, 0.717) is 0 Å². The summed E-state index contributed by atoms with van der Waals surface area (Å²) in [6, 6.07) is 17.3. The second kappa shape index (κ2) is 20.3. The van der Waals surface area contributed by atoms with E-state index < -0.39 is 0 Å². The zero-order chi connectivity index (χ0) is 22.0. The van der Waals surface area contributed by atoms with Gasteiger partial charge in [-0.1, -0.05) is 127 Å². The Kier molecular flexibility index (Phi) is 18.9. The van der Waals surface area contributed by atoms with Gasteiger partial charge >= 0.3 is 51.4 Å². The number of para-hydroxylation sites is 2. The smallest absolute Gasteiger partial charge is 1.00 e. The molecule has 2 aromatic rings. The summed E-state index contributed by atoms with van der Waals surface area (Å²) >= 11 is 0. The van der Waals surface area contributed by atoms with Crippen LogP contribution < -0.4 is 56.1 Å². The van der Waals surface area contributed by atoms with Gasteiger partial charge in [-0.25, -0.2) is 0 Å². The van der Waals surface area contributed by atoms with E-state index in [1.165, 1.54) is 101 Å². The van der Waals surface area contributed by atoms with Crippen molar-refractivity contribution in [1.82, 2.24) is 0 Å². The number of rotatable bonds is 18. The van der Waals surface area contributed by atoms with Crippen molar-refractivity contribution in [2.24, 2.45) is 0 Å². The fourth-order valence-corrected chi connectivity index (χ4v) is 4.28. The molecule has 0 fully saturated rings. The van der Waals surface area contributed by atoms with Gasteiger partial charge in [-0.2, -0.15) is 0 Å². The van der Waals surface area contributed by atoms with Crippen molar-refractivity contribution in [3.05, 3.63) is 59.7 Å². The Morgan fingerprint density at radius 2 is 0.844 bits per heavy atom. The van der Waals surface area contributed by atoms with Crippen molar-refractivity contribution in [2.75, 3.05) is 0 Å². The maximum Gasteiger partial charge on any atom is 1.00 e. The molecule has 2 aromatic carbocycles. The molecule has 2 heteroatoms. The molecular formula is C30H47KO. The summed E-state index contributed by atoms with van der Waals surface area (Å²) in [6.45, 7) is 4.56. The molecule has 0 spiro atoms. The number of hydrogen-bond donors (Lipinski definition) is 0. The van der Waals surface area contributed by atoms with Crippen LogP contribution >= 0.6 is 0 Å². The Morgan fingerprint density at radius 1 is 0.500 bits per heavy atom. The topological polar surface area (TPSA) is 9.23 Å².